The molecule has 0 bridgehead atoms. The predicted octanol–water partition coefficient (Wildman–Crippen LogP) is 1.72. The molecule has 0 fully saturated rings. The van der Waals surface area contributed by atoms with Crippen LogP contribution in [-0.2, 0) is 4.74 Å². The van der Waals surface area contributed by atoms with Crippen LogP contribution in [0.25, 0.3) is 0 Å². The van der Waals surface area contributed by atoms with Crippen LogP contribution in [0.4, 0.5) is 0 Å². The maximum absolute atomic E-state index is 5.56. The minimum absolute atomic E-state index is 0.533. The minimum Gasteiger partial charge on any atom is -0.383 e. The van der Waals surface area contributed by atoms with Crippen LogP contribution < -0.4 is 5.73 Å². The topological polar surface area (TPSA) is 38.5 Å². The largest absolute Gasteiger partial charge is 0.383 e. The van der Waals surface area contributed by atoms with E-state index in [1.807, 2.05) is 0 Å². The molecule has 15 heavy (non-hydrogen) atoms. The lowest BCUT2D eigenvalue weighted by Crippen LogP contribution is -2.40. The van der Waals surface area contributed by atoms with E-state index in [9.17, 15) is 0 Å². The average molecular weight is 216 g/mol. The molecule has 0 aliphatic heterocycles. The molecule has 0 saturated heterocycles. The first-order valence-corrected chi connectivity index (χ1v) is 6.08. The van der Waals surface area contributed by atoms with E-state index in [1.54, 1.807) is 7.11 Å². The maximum Gasteiger partial charge on any atom is 0.0618 e. The fourth-order valence-electron chi connectivity index (χ4n) is 1.92. The SMILES string of the molecule is CCN(CC(C)C)C(CCCN)COC. The van der Waals surface area contributed by atoms with Gasteiger partial charge in [0.05, 0.1) is 6.61 Å². The van der Waals surface area contributed by atoms with Crippen molar-refractivity contribution >= 4 is 0 Å². The van der Waals surface area contributed by atoms with Gasteiger partial charge in [0.1, 0.15) is 0 Å². The van der Waals surface area contributed by atoms with E-state index in [2.05, 4.69) is 25.7 Å². The van der Waals surface area contributed by atoms with Gasteiger partial charge >= 0.3 is 0 Å². The second-order valence-electron chi connectivity index (χ2n) is 4.52. The van der Waals surface area contributed by atoms with Crippen LogP contribution in [0.2, 0.25) is 0 Å². The Labute approximate surface area is 95.0 Å². The van der Waals surface area contributed by atoms with Gasteiger partial charge in [0.15, 0.2) is 0 Å². The number of ether oxygens (including phenoxy) is 1. The Kier molecular flexibility index (Phi) is 9.06. The third-order valence-electron chi connectivity index (χ3n) is 2.62. The van der Waals surface area contributed by atoms with E-state index in [0.29, 0.717) is 12.0 Å². The van der Waals surface area contributed by atoms with E-state index < -0.39 is 0 Å². The molecule has 92 valence electrons. The van der Waals surface area contributed by atoms with Gasteiger partial charge in [-0.05, 0) is 31.8 Å². The summed E-state index contributed by atoms with van der Waals surface area (Å²) in [6.07, 6.45) is 2.23. The van der Waals surface area contributed by atoms with E-state index in [-0.39, 0.29) is 0 Å². The quantitative estimate of drug-likeness (QED) is 0.638. The smallest absolute Gasteiger partial charge is 0.0618 e. The molecular formula is C12H28N2O. The summed E-state index contributed by atoms with van der Waals surface area (Å²) >= 11 is 0. The van der Waals surface area contributed by atoms with Gasteiger partial charge in [-0.25, -0.2) is 0 Å². The summed E-state index contributed by atoms with van der Waals surface area (Å²) in [6.45, 7) is 10.6. The van der Waals surface area contributed by atoms with E-state index in [4.69, 9.17) is 10.5 Å². The molecule has 0 aromatic carbocycles. The minimum atomic E-state index is 0.533. The molecule has 2 N–H and O–H groups in total. The Balaban J connectivity index is 4.12. The molecule has 0 radical (unpaired) electrons. The molecule has 0 spiro atoms. The molecule has 0 aromatic heterocycles. The third kappa shape index (κ3) is 6.88. The van der Waals surface area contributed by atoms with Crippen LogP contribution in [-0.4, -0.2) is 44.3 Å². The van der Waals surface area contributed by atoms with Gasteiger partial charge in [-0.1, -0.05) is 20.8 Å². The van der Waals surface area contributed by atoms with Crippen molar-refractivity contribution in [1.29, 1.82) is 0 Å². The normalized spacial score (nSPS) is 13.8. The van der Waals surface area contributed by atoms with E-state index in [0.717, 1.165) is 39.1 Å². The highest BCUT2D eigenvalue weighted by Crippen LogP contribution is 2.10. The number of nitrogens with two attached hydrogens (primary N) is 1. The number of hydrogen-bond acceptors (Lipinski definition) is 3. The Hall–Kier alpha value is -0.120. The summed E-state index contributed by atoms with van der Waals surface area (Å²) in [4.78, 5) is 2.50. The van der Waals surface area contributed by atoms with Gasteiger partial charge in [-0.15, -0.1) is 0 Å². The number of likely N-dealkylation sites (N-methyl/N-ethyl adjacent to an activating group) is 1. The third-order valence-corrected chi connectivity index (χ3v) is 2.62. The molecule has 0 aromatic rings. The summed E-state index contributed by atoms with van der Waals surface area (Å²) in [5.41, 5.74) is 5.56. The van der Waals surface area contributed by atoms with Gasteiger partial charge in [0.25, 0.3) is 0 Å². The summed E-state index contributed by atoms with van der Waals surface area (Å²) in [5, 5.41) is 0. The second-order valence-corrected chi connectivity index (χ2v) is 4.52. The van der Waals surface area contributed by atoms with Crippen LogP contribution in [0.3, 0.4) is 0 Å². The zero-order chi connectivity index (χ0) is 11.7. The maximum atomic E-state index is 5.56. The van der Waals surface area contributed by atoms with Crippen LogP contribution in [0.1, 0.15) is 33.6 Å². The van der Waals surface area contributed by atoms with Crippen LogP contribution >= 0.6 is 0 Å². The van der Waals surface area contributed by atoms with Crippen molar-refractivity contribution in [3.63, 3.8) is 0 Å². The van der Waals surface area contributed by atoms with E-state index >= 15 is 0 Å². The summed E-state index contributed by atoms with van der Waals surface area (Å²) in [7, 11) is 1.78. The lowest BCUT2D eigenvalue weighted by molar-refractivity contribution is 0.0798. The highest BCUT2D eigenvalue weighted by atomic mass is 16.5. The monoisotopic (exact) mass is 216 g/mol. The molecule has 3 nitrogen and oxygen atoms in total. The molecule has 0 aliphatic carbocycles. The lowest BCUT2D eigenvalue weighted by atomic mass is 10.1. The summed E-state index contributed by atoms with van der Waals surface area (Å²) in [6, 6.07) is 0.533. The molecule has 0 aliphatic rings. The number of nitrogens with zero attached hydrogens (tertiary/aromatic N) is 1. The molecule has 0 rings (SSSR count). The zero-order valence-corrected chi connectivity index (χ0v) is 10.8. The Morgan fingerprint density at radius 3 is 2.40 bits per heavy atom. The Bertz CT molecular complexity index is 140. The molecule has 1 atom stereocenters. The fourth-order valence-corrected chi connectivity index (χ4v) is 1.92. The van der Waals surface area contributed by atoms with Crippen molar-refractivity contribution in [2.75, 3.05) is 33.4 Å². The van der Waals surface area contributed by atoms with Gasteiger partial charge in [0, 0.05) is 19.7 Å². The van der Waals surface area contributed by atoms with Crippen molar-refractivity contribution in [3.8, 4) is 0 Å². The van der Waals surface area contributed by atoms with Gasteiger partial charge in [0.2, 0.25) is 0 Å². The second kappa shape index (κ2) is 9.13. The summed E-state index contributed by atoms with van der Waals surface area (Å²) in [5.74, 6) is 0.710. The van der Waals surface area contributed by atoms with Crippen molar-refractivity contribution in [2.24, 2.45) is 11.7 Å². The lowest BCUT2D eigenvalue weighted by Gasteiger charge is -2.31. The number of methoxy groups -OCH3 is 1. The highest BCUT2D eigenvalue weighted by molar-refractivity contribution is 4.71. The molecule has 1 unspecified atom stereocenters. The molecule has 0 saturated carbocycles. The van der Waals surface area contributed by atoms with Crippen molar-refractivity contribution < 1.29 is 4.74 Å². The summed E-state index contributed by atoms with van der Waals surface area (Å²) < 4.78 is 5.28. The van der Waals surface area contributed by atoms with Crippen molar-refractivity contribution in [3.05, 3.63) is 0 Å². The first kappa shape index (κ1) is 14.9. The van der Waals surface area contributed by atoms with Gasteiger partial charge < -0.3 is 10.5 Å². The van der Waals surface area contributed by atoms with Crippen LogP contribution in [0.15, 0.2) is 0 Å². The van der Waals surface area contributed by atoms with Gasteiger partial charge in [-0.3, -0.25) is 4.90 Å². The number of rotatable bonds is 9. The van der Waals surface area contributed by atoms with E-state index in [1.165, 1.54) is 0 Å². The average Bonchev–Trinajstić information content (AvgIpc) is 2.20. The fraction of sp³-hybridized carbons (Fsp3) is 1.00. The van der Waals surface area contributed by atoms with Crippen molar-refractivity contribution in [2.45, 2.75) is 39.7 Å². The first-order chi connectivity index (χ1) is 7.15. The molecule has 0 heterocycles. The Morgan fingerprint density at radius 1 is 1.33 bits per heavy atom. The van der Waals surface area contributed by atoms with Crippen LogP contribution in [0, 0.1) is 5.92 Å². The molecular weight excluding hydrogens is 188 g/mol. The van der Waals surface area contributed by atoms with Gasteiger partial charge in [-0.2, -0.15) is 0 Å². The standard InChI is InChI=1S/C12H28N2O/c1-5-14(9-11(2)3)12(10-15-4)7-6-8-13/h11-12H,5-10,13H2,1-4H3. The molecule has 3 heteroatoms. The van der Waals surface area contributed by atoms with Crippen LogP contribution in [0.5, 0.6) is 0 Å². The van der Waals surface area contributed by atoms with Crippen molar-refractivity contribution in [1.82, 2.24) is 4.90 Å². The highest BCUT2D eigenvalue weighted by Gasteiger charge is 2.17. The zero-order valence-electron chi connectivity index (χ0n) is 10.8. The predicted molar refractivity (Wildman–Crippen MR) is 66.0 cm³/mol. The molecule has 0 amide bonds. The Morgan fingerprint density at radius 2 is 2.00 bits per heavy atom. The number of hydrogen-bond donors (Lipinski definition) is 1. The first-order valence-electron chi connectivity index (χ1n) is 6.08.